The van der Waals surface area contributed by atoms with Gasteiger partial charge in [-0.2, -0.15) is 0 Å². The molecule has 0 saturated heterocycles. The maximum atomic E-state index is 10.2. The van der Waals surface area contributed by atoms with Crippen LogP contribution in [0, 0.1) is 5.92 Å². The summed E-state index contributed by atoms with van der Waals surface area (Å²) in [4.78, 5) is 20.4. The fourth-order valence-electron chi connectivity index (χ4n) is 0.930. The van der Waals surface area contributed by atoms with Gasteiger partial charge in [0.2, 0.25) is 0 Å². The predicted octanol–water partition coefficient (Wildman–Crippen LogP) is -1.70. The molecule has 0 bridgehead atoms. The van der Waals surface area contributed by atoms with Crippen molar-refractivity contribution >= 4 is 49.7 Å². The van der Waals surface area contributed by atoms with Crippen molar-refractivity contribution < 1.29 is 19.8 Å². The topological polar surface area (TPSA) is 80.3 Å². The van der Waals surface area contributed by atoms with Crippen LogP contribution in [0.5, 0.6) is 0 Å². The predicted molar refractivity (Wildman–Crippen MR) is 43.4 cm³/mol. The molecule has 70 valence electrons. The Morgan fingerprint density at radius 1 is 1.15 bits per heavy atom. The number of carboxylic acid groups (broad SMARTS) is 2. The molecule has 0 atom stereocenters. The SMILES string of the molecule is CCCCCC(C(=O)[O-])C(=O)[O-].[Ca+2]. The first kappa shape index (κ1) is 15.7. The average Bonchev–Trinajstić information content (AvgIpc) is 1.96. The van der Waals surface area contributed by atoms with Gasteiger partial charge in [0.05, 0.1) is 11.9 Å². The fourth-order valence-corrected chi connectivity index (χ4v) is 0.930. The minimum Gasteiger partial charge on any atom is -0.549 e. The third kappa shape index (κ3) is 7.28. The third-order valence-corrected chi connectivity index (χ3v) is 1.67. The molecule has 0 aromatic rings. The van der Waals surface area contributed by atoms with Crippen LogP contribution in [-0.2, 0) is 9.59 Å². The Hall–Kier alpha value is 0.200. The zero-order valence-corrected chi connectivity index (χ0v) is 9.95. The molecular weight excluding hydrogens is 200 g/mol. The van der Waals surface area contributed by atoms with E-state index in [0.717, 1.165) is 12.8 Å². The van der Waals surface area contributed by atoms with Gasteiger partial charge >= 0.3 is 37.7 Å². The van der Waals surface area contributed by atoms with Gasteiger partial charge in [0.1, 0.15) is 0 Å². The van der Waals surface area contributed by atoms with Crippen molar-refractivity contribution in [2.24, 2.45) is 5.92 Å². The van der Waals surface area contributed by atoms with Gasteiger partial charge in [-0.1, -0.05) is 26.2 Å². The Morgan fingerprint density at radius 2 is 1.62 bits per heavy atom. The summed E-state index contributed by atoms with van der Waals surface area (Å²) >= 11 is 0. The first-order valence-electron chi connectivity index (χ1n) is 4.01. The van der Waals surface area contributed by atoms with Crippen LogP contribution in [0.2, 0.25) is 0 Å². The van der Waals surface area contributed by atoms with Crippen molar-refractivity contribution in [3.05, 3.63) is 0 Å². The molecule has 5 heteroatoms. The number of carbonyl (C=O) groups excluding carboxylic acids is 2. The van der Waals surface area contributed by atoms with Gasteiger partial charge in [0, 0.05) is 5.92 Å². The van der Waals surface area contributed by atoms with Gasteiger partial charge in [-0.25, -0.2) is 0 Å². The van der Waals surface area contributed by atoms with Gasteiger partial charge in [-0.05, 0) is 6.42 Å². The van der Waals surface area contributed by atoms with Crippen LogP contribution >= 0.6 is 0 Å². The minimum absolute atomic E-state index is 0. The number of hydrogen-bond donors (Lipinski definition) is 0. The van der Waals surface area contributed by atoms with E-state index < -0.39 is 17.9 Å². The maximum absolute atomic E-state index is 10.2. The minimum atomic E-state index is -1.55. The molecule has 0 aliphatic carbocycles. The number of carboxylic acids is 2. The molecule has 0 rings (SSSR count). The van der Waals surface area contributed by atoms with Crippen molar-refractivity contribution in [2.75, 3.05) is 0 Å². The van der Waals surface area contributed by atoms with Crippen molar-refractivity contribution in [2.45, 2.75) is 32.6 Å². The van der Waals surface area contributed by atoms with Crippen LogP contribution in [0.4, 0.5) is 0 Å². The summed E-state index contributed by atoms with van der Waals surface area (Å²) in [6.45, 7) is 1.95. The molecule has 4 nitrogen and oxygen atoms in total. The summed E-state index contributed by atoms with van der Waals surface area (Å²) in [5.41, 5.74) is 0. The van der Waals surface area contributed by atoms with E-state index in [2.05, 4.69) is 0 Å². The monoisotopic (exact) mass is 212 g/mol. The Bertz CT molecular complexity index is 156. The largest absolute Gasteiger partial charge is 2.00 e. The number of hydrogen-bond acceptors (Lipinski definition) is 4. The number of aliphatic carboxylic acids is 2. The Balaban J connectivity index is 0. The first-order chi connectivity index (χ1) is 5.59. The fraction of sp³-hybridized carbons (Fsp3) is 0.750. The van der Waals surface area contributed by atoms with Gasteiger partial charge in [-0.15, -0.1) is 0 Å². The zero-order chi connectivity index (χ0) is 9.56. The molecule has 0 aliphatic heterocycles. The van der Waals surface area contributed by atoms with E-state index in [-0.39, 0.29) is 44.2 Å². The standard InChI is InChI=1S/C8H14O4.Ca/c1-2-3-4-5-6(7(9)10)8(11)12;/h6H,2-5H2,1H3,(H,9,10)(H,11,12);/q;+2/p-2. The average molecular weight is 212 g/mol. The molecule has 0 spiro atoms. The van der Waals surface area contributed by atoms with Crippen LogP contribution in [-0.4, -0.2) is 49.7 Å². The van der Waals surface area contributed by atoms with E-state index in [1.807, 2.05) is 6.92 Å². The van der Waals surface area contributed by atoms with Crippen molar-refractivity contribution in [3.63, 3.8) is 0 Å². The summed E-state index contributed by atoms with van der Waals surface area (Å²) in [6, 6.07) is 0. The van der Waals surface area contributed by atoms with Crippen LogP contribution in [0.3, 0.4) is 0 Å². The Labute approximate surface area is 107 Å². The third-order valence-electron chi connectivity index (χ3n) is 1.67. The van der Waals surface area contributed by atoms with Crippen molar-refractivity contribution in [1.82, 2.24) is 0 Å². The summed E-state index contributed by atoms with van der Waals surface area (Å²) < 4.78 is 0. The molecule has 0 aliphatic rings. The molecule has 0 fully saturated rings. The molecule has 0 radical (unpaired) electrons. The van der Waals surface area contributed by atoms with Gasteiger partial charge in [0.25, 0.3) is 0 Å². The summed E-state index contributed by atoms with van der Waals surface area (Å²) in [5.74, 6) is -4.55. The Kier molecular flexibility index (Phi) is 10.6. The molecule has 0 aromatic carbocycles. The van der Waals surface area contributed by atoms with Crippen LogP contribution in [0.25, 0.3) is 0 Å². The molecule has 0 heterocycles. The first-order valence-corrected chi connectivity index (χ1v) is 4.01. The van der Waals surface area contributed by atoms with Gasteiger partial charge < -0.3 is 19.8 Å². The molecule has 0 amide bonds. The molecule has 0 unspecified atom stereocenters. The van der Waals surface area contributed by atoms with Crippen LogP contribution in [0.1, 0.15) is 32.6 Å². The van der Waals surface area contributed by atoms with Crippen LogP contribution < -0.4 is 10.2 Å². The van der Waals surface area contributed by atoms with E-state index in [0.29, 0.717) is 6.42 Å². The smallest absolute Gasteiger partial charge is 0.549 e. The van der Waals surface area contributed by atoms with Gasteiger partial charge in [-0.3, -0.25) is 0 Å². The normalized spacial score (nSPS) is 9.38. The maximum Gasteiger partial charge on any atom is 2.00 e. The molecule has 0 saturated carbocycles. The molecule has 13 heavy (non-hydrogen) atoms. The van der Waals surface area contributed by atoms with Crippen molar-refractivity contribution in [3.8, 4) is 0 Å². The summed E-state index contributed by atoms with van der Waals surface area (Å²) in [6.07, 6.45) is 2.45. The quantitative estimate of drug-likeness (QED) is 0.299. The molecule has 0 N–H and O–H groups in total. The van der Waals surface area contributed by atoms with E-state index in [1.54, 1.807) is 0 Å². The molecular formula is C8H12CaO4. The Morgan fingerprint density at radius 3 is 1.92 bits per heavy atom. The van der Waals surface area contributed by atoms with Gasteiger partial charge in [0.15, 0.2) is 0 Å². The number of rotatable bonds is 6. The zero-order valence-electron chi connectivity index (χ0n) is 7.75. The van der Waals surface area contributed by atoms with Crippen molar-refractivity contribution in [1.29, 1.82) is 0 Å². The van der Waals surface area contributed by atoms with E-state index in [1.165, 1.54) is 0 Å². The van der Waals surface area contributed by atoms with Crippen LogP contribution in [0.15, 0.2) is 0 Å². The van der Waals surface area contributed by atoms with E-state index in [9.17, 15) is 19.8 Å². The number of unbranched alkanes of at least 4 members (excludes halogenated alkanes) is 2. The summed E-state index contributed by atoms with van der Waals surface area (Å²) in [5, 5.41) is 20.4. The summed E-state index contributed by atoms with van der Waals surface area (Å²) in [7, 11) is 0. The molecule has 0 aromatic heterocycles. The number of carbonyl (C=O) groups is 2. The second-order valence-electron chi connectivity index (χ2n) is 2.69. The second kappa shape index (κ2) is 8.78. The van der Waals surface area contributed by atoms with E-state index >= 15 is 0 Å². The van der Waals surface area contributed by atoms with E-state index in [4.69, 9.17) is 0 Å². The second-order valence-corrected chi connectivity index (χ2v) is 2.69.